The van der Waals surface area contributed by atoms with Gasteiger partial charge in [0.25, 0.3) is 0 Å². The third-order valence-corrected chi connectivity index (χ3v) is 5.19. The quantitative estimate of drug-likeness (QED) is 0.674. The van der Waals surface area contributed by atoms with Gasteiger partial charge in [0.1, 0.15) is 12.3 Å². The average Bonchev–Trinajstić information content (AvgIpc) is 3.15. The molecule has 0 saturated carbocycles. The number of methoxy groups -OCH3 is 1. The number of Topliss-reactive ketones (excluding diaryl/α,β-unsaturated/α-hetero) is 1. The first-order valence-electron chi connectivity index (χ1n) is 7.56. The lowest BCUT2D eigenvalue weighted by Crippen LogP contribution is -2.17. The molecule has 5 nitrogen and oxygen atoms in total. The van der Waals surface area contributed by atoms with Crippen LogP contribution in [0, 0.1) is 6.92 Å². The predicted molar refractivity (Wildman–Crippen MR) is 87.4 cm³/mol. The Morgan fingerprint density at radius 3 is 2.91 bits per heavy atom. The first-order chi connectivity index (χ1) is 11.1. The zero-order chi connectivity index (χ0) is 16.4. The molecule has 0 amide bonds. The smallest absolute Gasteiger partial charge is 0.355 e. The minimum Gasteiger partial charge on any atom is -0.459 e. The van der Waals surface area contributed by atoms with E-state index >= 15 is 0 Å². The van der Waals surface area contributed by atoms with Gasteiger partial charge in [0.05, 0.1) is 6.61 Å². The normalized spacial score (nSPS) is 17.1. The minimum absolute atomic E-state index is 0.0920. The number of hydrogen-bond donors (Lipinski definition) is 1. The molecule has 0 bridgehead atoms. The Bertz CT molecular complexity index is 717. The first-order valence-corrected chi connectivity index (χ1v) is 8.44. The number of carbonyl (C=O) groups excluding carboxylic acids is 2. The molecule has 2 aromatic rings. The number of esters is 1. The summed E-state index contributed by atoms with van der Waals surface area (Å²) in [6, 6.07) is 4.06. The first kappa shape index (κ1) is 16.0. The number of carbonyl (C=O) groups is 2. The van der Waals surface area contributed by atoms with Crippen LogP contribution in [0.2, 0.25) is 0 Å². The summed E-state index contributed by atoms with van der Waals surface area (Å²) >= 11 is 1.67. The standard InChI is InChI=1S/C17H19NO4S/c1-10-15-12(18-16(10)17(20)22-6-5-21-2)8-11(9-13(15)19)14-4-3-7-23-14/h3-4,7,11,18H,5-6,8-9H2,1-2H3. The van der Waals surface area contributed by atoms with E-state index in [-0.39, 0.29) is 18.3 Å². The number of fused-ring (bicyclic) bond motifs is 1. The summed E-state index contributed by atoms with van der Waals surface area (Å²) in [6.45, 7) is 2.35. The van der Waals surface area contributed by atoms with Crippen LogP contribution in [0.5, 0.6) is 0 Å². The number of ether oxygens (including phenoxy) is 2. The van der Waals surface area contributed by atoms with Gasteiger partial charge in [-0.2, -0.15) is 0 Å². The van der Waals surface area contributed by atoms with Crippen molar-refractivity contribution in [3.63, 3.8) is 0 Å². The van der Waals surface area contributed by atoms with Crippen LogP contribution in [0.15, 0.2) is 17.5 Å². The molecule has 1 N–H and O–H groups in total. The lowest BCUT2D eigenvalue weighted by molar-refractivity contribution is 0.0381. The fourth-order valence-electron chi connectivity index (χ4n) is 3.05. The van der Waals surface area contributed by atoms with Crippen LogP contribution in [0.4, 0.5) is 0 Å². The molecule has 0 saturated heterocycles. The molecule has 23 heavy (non-hydrogen) atoms. The van der Waals surface area contributed by atoms with Gasteiger partial charge in [-0.3, -0.25) is 4.79 Å². The summed E-state index contributed by atoms with van der Waals surface area (Å²) in [6.07, 6.45) is 1.23. The largest absolute Gasteiger partial charge is 0.459 e. The number of rotatable bonds is 5. The molecule has 0 aromatic carbocycles. The number of thiophene rings is 1. The van der Waals surface area contributed by atoms with Gasteiger partial charge >= 0.3 is 5.97 Å². The summed E-state index contributed by atoms with van der Waals surface area (Å²) in [5, 5.41) is 2.02. The van der Waals surface area contributed by atoms with Crippen molar-refractivity contribution in [3.05, 3.63) is 44.9 Å². The molecule has 3 rings (SSSR count). The van der Waals surface area contributed by atoms with Crippen molar-refractivity contribution in [3.8, 4) is 0 Å². The Morgan fingerprint density at radius 1 is 1.39 bits per heavy atom. The molecule has 2 aromatic heterocycles. The maximum Gasteiger partial charge on any atom is 0.355 e. The summed E-state index contributed by atoms with van der Waals surface area (Å²) < 4.78 is 10.0. The van der Waals surface area contributed by atoms with Crippen molar-refractivity contribution in [1.29, 1.82) is 0 Å². The van der Waals surface area contributed by atoms with Gasteiger partial charge in [0.15, 0.2) is 5.78 Å². The highest BCUT2D eigenvalue weighted by Crippen LogP contribution is 2.36. The van der Waals surface area contributed by atoms with E-state index in [0.29, 0.717) is 29.8 Å². The highest BCUT2D eigenvalue weighted by Gasteiger charge is 2.32. The monoisotopic (exact) mass is 333 g/mol. The third-order valence-electron chi connectivity index (χ3n) is 4.16. The van der Waals surface area contributed by atoms with Gasteiger partial charge in [-0.15, -0.1) is 11.3 Å². The van der Waals surface area contributed by atoms with Crippen molar-refractivity contribution in [1.82, 2.24) is 4.98 Å². The maximum absolute atomic E-state index is 12.5. The van der Waals surface area contributed by atoms with Crippen LogP contribution in [-0.2, 0) is 15.9 Å². The molecule has 0 radical (unpaired) electrons. The molecule has 2 heterocycles. The van der Waals surface area contributed by atoms with E-state index in [1.807, 2.05) is 11.4 Å². The molecule has 1 unspecified atom stereocenters. The summed E-state index contributed by atoms with van der Waals surface area (Å²) in [5.41, 5.74) is 2.58. The SMILES string of the molecule is COCCOC(=O)c1[nH]c2c(c1C)C(=O)CC(c1cccs1)C2. The maximum atomic E-state index is 12.5. The number of aromatic nitrogens is 1. The van der Waals surface area contributed by atoms with Gasteiger partial charge in [0, 0.05) is 35.6 Å². The van der Waals surface area contributed by atoms with E-state index in [0.717, 1.165) is 12.1 Å². The van der Waals surface area contributed by atoms with Gasteiger partial charge in [-0.05, 0) is 30.4 Å². The molecule has 1 aliphatic carbocycles. The zero-order valence-electron chi connectivity index (χ0n) is 13.2. The third kappa shape index (κ3) is 3.09. The predicted octanol–water partition coefficient (Wildman–Crippen LogP) is 3.10. The number of H-pyrrole nitrogens is 1. The molecule has 0 aliphatic heterocycles. The van der Waals surface area contributed by atoms with E-state index < -0.39 is 5.97 Å². The highest BCUT2D eigenvalue weighted by molar-refractivity contribution is 7.10. The molecule has 1 aliphatic rings. The van der Waals surface area contributed by atoms with Crippen LogP contribution >= 0.6 is 11.3 Å². The van der Waals surface area contributed by atoms with E-state index in [1.165, 1.54) is 4.88 Å². The van der Waals surface area contributed by atoms with Crippen LogP contribution in [0.25, 0.3) is 0 Å². The molecule has 6 heteroatoms. The fourth-order valence-corrected chi connectivity index (χ4v) is 3.88. The van der Waals surface area contributed by atoms with E-state index in [1.54, 1.807) is 25.4 Å². The van der Waals surface area contributed by atoms with Gasteiger partial charge in [-0.1, -0.05) is 6.07 Å². The van der Waals surface area contributed by atoms with Crippen LogP contribution in [0.1, 0.15) is 49.3 Å². The van der Waals surface area contributed by atoms with Crippen molar-refractivity contribution >= 4 is 23.1 Å². The molecule has 0 spiro atoms. The highest BCUT2D eigenvalue weighted by atomic mass is 32.1. The van der Waals surface area contributed by atoms with E-state index in [2.05, 4.69) is 11.1 Å². The Kier molecular flexibility index (Phi) is 4.63. The summed E-state index contributed by atoms with van der Waals surface area (Å²) in [4.78, 5) is 29.0. The second-order valence-electron chi connectivity index (χ2n) is 5.65. The zero-order valence-corrected chi connectivity index (χ0v) is 14.0. The Labute approximate surface area is 138 Å². The van der Waals surface area contributed by atoms with Gasteiger partial charge in [-0.25, -0.2) is 4.79 Å². The van der Waals surface area contributed by atoms with Crippen molar-refractivity contribution in [2.75, 3.05) is 20.3 Å². The van der Waals surface area contributed by atoms with E-state index in [4.69, 9.17) is 9.47 Å². The molecular weight excluding hydrogens is 314 g/mol. The minimum atomic E-state index is -0.436. The van der Waals surface area contributed by atoms with Crippen LogP contribution < -0.4 is 0 Å². The lowest BCUT2D eigenvalue weighted by atomic mass is 9.84. The number of hydrogen-bond acceptors (Lipinski definition) is 5. The Hall–Kier alpha value is -1.92. The fraction of sp³-hybridized carbons (Fsp3) is 0.412. The summed E-state index contributed by atoms with van der Waals surface area (Å²) in [7, 11) is 1.55. The second kappa shape index (κ2) is 6.68. The number of aromatic amines is 1. The van der Waals surface area contributed by atoms with Crippen molar-refractivity contribution in [2.45, 2.75) is 25.7 Å². The number of nitrogens with one attached hydrogen (secondary N) is 1. The Morgan fingerprint density at radius 2 is 2.22 bits per heavy atom. The number of ketones is 1. The lowest BCUT2D eigenvalue weighted by Gasteiger charge is -2.20. The van der Waals surface area contributed by atoms with E-state index in [9.17, 15) is 9.59 Å². The van der Waals surface area contributed by atoms with Crippen LogP contribution in [0.3, 0.4) is 0 Å². The van der Waals surface area contributed by atoms with Crippen molar-refractivity contribution < 1.29 is 19.1 Å². The Balaban J connectivity index is 1.84. The van der Waals surface area contributed by atoms with Crippen molar-refractivity contribution in [2.24, 2.45) is 0 Å². The topological polar surface area (TPSA) is 68.4 Å². The van der Waals surface area contributed by atoms with Gasteiger partial charge < -0.3 is 14.5 Å². The average molecular weight is 333 g/mol. The molecule has 122 valence electrons. The molecular formula is C17H19NO4S. The second-order valence-corrected chi connectivity index (χ2v) is 6.63. The molecule has 1 atom stereocenters. The van der Waals surface area contributed by atoms with Gasteiger partial charge in [0.2, 0.25) is 0 Å². The molecule has 0 fully saturated rings. The van der Waals surface area contributed by atoms with Crippen LogP contribution in [-0.4, -0.2) is 37.1 Å². The summed E-state index contributed by atoms with van der Waals surface area (Å²) in [5.74, 6) is -0.158.